The molecule has 0 saturated heterocycles. The first kappa shape index (κ1) is 23.8. The van der Waals surface area contributed by atoms with Crippen LogP contribution in [0.5, 0.6) is 5.75 Å². The molecule has 1 aliphatic heterocycles. The molecule has 0 aromatic heterocycles. The molecule has 6 nitrogen and oxygen atoms in total. The molecule has 2 aromatic carbocycles. The summed E-state index contributed by atoms with van der Waals surface area (Å²) in [5.74, 6) is 0.985. The van der Waals surface area contributed by atoms with Crippen molar-refractivity contribution in [3.05, 3.63) is 65.2 Å². The lowest BCUT2D eigenvalue weighted by atomic mass is 10.0. The van der Waals surface area contributed by atoms with E-state index >= 15 is 0 Å². The Kier molecular flexibility index (Phi) is 9.11. The Morgan fingerprint density at radius 1 is 1.06 bits per heavy atom. The van der Waals surface area contributed by atoms with Crippen molar-refractivity contribution in [2.45, 2.75) is 46.2 Å². The monoisotopic (exact) mass is 437 g/mol. The predicted molar refractivity (Wildman–Crippen MR) is 127 cm³/mol. The maximum absolute atomic E-state index is 13.0. The highest BCUT2D eigenvalue weighted by Gasteiger charge is 2.21. The Balaban J connectivity index is 1.92. The number of nitrogens with one attached hydrogen (secondary N) is 2. The molecule has 32 heavy (non-hydrogen) atoms. The lowest BCUT2D eigenvalue weighted by Crippen LogP contribution is -2.37. The second kappa shape index (κ2) is 12.2. The summed E-state index contributed by atoms with van der Waals surface area (Å²) in [6, 6.07) is 15.7. The third-order valence-corrected chi connectivity index (χ3v) is 5.45. The largest absolute Gasteiger partial charge is 0.493 e. The highest BCUT2D eigenvalue weighted by molar-refractivity contribution is 5.96. The van der Waals surface area contributed by atoms with Gasteiger partial charge in [0.1, 0.15) is 5.75 Å². The molecule has 2 N–H and O–H groups in total. The minimum Gasteiger partial charge on any atom is -0.493 e. The fourth-order valence-corrected chi connectivity index (χ4v) is 3.77. The van der Waals surface area contributed by atoms with Crippen LogP contribution in [0.2, 0.25) is 0 Å². The predicted octanol–water partition coefficient (Wildman–Crippen LogP) is 3.75. The minimum absolute atomic E-state index is 0.00406. The number of fused-ring (bicyclic) bond motifs is 1. The van der Waals surface area contributed by atoms with Gasteiger partial charge in [-0.25, -0.2) is 0 Å². The van der Waals surface area contributed by atoms with Gasteiger partial charge in [-0.1, -0.05) is 50.2 Å². The van der Waals surface area contributed by atoms with E-state index < -0.39 is 0 Å². The first-order chi connectivity index (χ1) is 15.5. The van der Waals surface area contributed by atoms with Crippen molar-refractivity contribution in [3.63, 3.8) is 0 Å². The summed E-state index contributed by atoms with van der Waals surface area (Å²) < 4.78 is 6.13. The molecular weight excluding hydrogens is 402 g/mol. The van der Waals surface area contributed by atoms with Crippen LogP contribution in [0.3, 0.4) is 0 Å². The van der Waals surface area contributed by atoms with Crippen molar-refractivity contribution in [2.24, 2.45) is 5.92 Å². The van der Waals surface area contributed by atoms with E-state index in [1.165, 1.54) is 0 Å². The van der Waals surface area contributed by atoms with Crippen LogP contribution < -0.4 is 15.4 Å². The number of benzene rings is 2. The number of carbonyl (C=O) groups excluding carboxylic acids is 2. The van der Waals surface area contributed by atoms with Gasteiger partial charge in [-0.15, -0.1) is 0 Å². The smallest absolute Gasteiger partial charge is 0.251 e. The average molecular weight is 438 g/mol. The van der Waals surface area contributed by atoms with E-state index in [4.69, 9.17) is 4.74 Å². The quantitative estimate of drug-likeness (QED) is 0.747. The van der Waals surface area contributed by atoms with E-state index in [0.29, 0.717) is 44.3 Å². The molecule has 0 bridgehead atoms. The molecule has 1 aliphatic rings. The third kappa shape index (κ3) is 7.38. The van der Waals surface area contributed by atoms with Gasteiger partial charge >= 0.3 is 0 Å². The van der Waals surface area contributed by atoms with E-state index in [1.807, 2.05) is 36.4 Å². The summed E-state index contributed by atoms with van der Waals surface area (Å²) in [6.45, 7) is 7.34. The standard InChI is InChI=1S/C26H35N3O3/c1-20(2)16-28-26(31)22-12-9-13-24-23(22)18-29(17-21-10-5-3-6-11-21)19-25(30)27-14-7-4-8-15-32-24/h3,5-6,9-13,20H,4,7-8,14-19H2,1-2H3,(H,27,30)(H,28,31). The van der Waals surface area contributed by atoms with Gasteiger partial charge in [0, 0.05) is 37.3 Å². The van der Waals surface area contributed by atoms with Crippen molar-refractivity contribution in [3.8, 4) is 5.75 Å². The Morgan fingerprint density at radius 3 is 2.66 bits per heavy atom. The summed E-state index contributed by atoms with van der Waals surface area (Å²) in [6.07, 6.45) is 2.82. The summed E-state index contributed by atoms with van der Waals surface area (Å²) in [5, 5.41) is 6.06. The van der Waals surface area contributed by atoms with Gasteiger partial charge in [0.15, 0.2) is 0 Å². The fraction of sp³-hybridized carbons (Fsp3) is 0.462. The van der Waals surface area contributed by atoms with Crippen molar-refractivity contribution >= 4 is 11.8 Å². The molecule has 6 heteroatoms. The summed E-state index contributed by atoms with van der Waals surface area (Å²) in [4.78, 5) is 27.7. The molecule has 0 atom stereocenters. The second-order valence-electron chi connectivity index (χ2n) is 8.78. The van der Waals surface area contributed by atoms with Crippen LogP contribution in [-0.2, 0) is 17.9 Å². The zero-order chi connectivity index (χ0) is 22.8. The first-order valence-corrected chi connectivity index (χ1v) is 11.6. The van der Waals surface area contributed by atoms with Gasteiger partial charge in [0.05, 0.1) is 13.2 Å². The van der Waals surface area contributed by atoms with Gasteiger partial charge in [-0.05, 0) is 42.9 Å². The summed E-state index contributed by atoms with van der Waals surface area (Å²) in [7, 11) is 0. The average Bonchev–Trinajstić information content (AvgIpc) is 2.79. The molecule has 0 unspecified atom stereocenters. The maximum Gasteiger partial charge on any atom is 0.251 e. The van der Waals surface area contributed by atoms with Crippen LogP contribution >= 0.6 is 0 Å². The van der Waals surface area contributed by atoms with Crippen molar-refractivity contribution < 1.29 is 14.3 Å². The molecule has 1 heterocycles. The zero-order valence-electron chi connectivity index (χ0n) is 19.2. The molecule has 2 aromatic rings. The number of carbonyl (C=O) groups is 2. The molecule has 0 radical (unpaired) electrons. The molecule has 0 aliphatic carbocycles. The maximum atomic E-state index is 13.0. The number of hydrogen-bond donors (Lipinski definition) is 2. The molecule has 0 saturated carbocycles. The van der Waals surface area contributed by atoms with E-state index in [0.717, 1.165) is 36.1 Å². The van der Waals surface area contributed by atoms with Crippen LogP contribution in [0.15, 0.2) is 48.5 Å². The molecule has 3 rings (SSSR count). The zero-order valence-corrected chi connectivity index (χ0v) is 19.2. The lowest BCUT2D eigenvalue weighted by molar-refractivity contribution is -0.122. The van der Waals surface area contributed by atoms with Gasteiger partial charge in [-0.2, -0.15) is 0 Å². The number of amides is 2. The Bertz CT molecular complexity index is 883. The summed E-state index contributed by atoms with van der Waals surface area (Å²) >= 11 is 0. The Labute approximate surface area is 191 Å². The van der Waals surface area contributed by atoms with Gasteiger partial charge in [0.2, 0.25) is 5.91 Å². The highest BCUT2D eigenvalue weighted by Crippen LogP contribution is 2.26. The Morgan fingerprint density at radius 2 is 1.88 bits per heavy atom. The van der Waals surface area contributed by atoms with Crippen LogP contribution in [0.25, 0.3) is 0 Å². The molecular formula is C26H35N3O3. The normalized spacial score (nSPS) is 16.0. The van der Waals surface area contributed by atoms with E-state index in [1.54, 1.807) is 0 Å². The third-order valence-electron chi connectivity index (χ3n) is 5.45. The van der Waals surface area contributed by atoms with Crippen LogP contribution in [0, 0.1) is 5.92 Å². The van der Waals surface area contributed by atoms with Crippen molar-refractivity contribution in [1.29, 1.82) is 0 Å². The van der Waals surface area contributed by atoms with Crippen LogP contribution in [-0.4, -0.2) is 43.0 Å². The minimum atomic E-state index is -0.104. The van der Waals surface area contributed by atoms with Gasteiger partial charge < -0.3 is 15.4 Å². The molecule has 172 valence electrons. The van der Waals surface area contributed by atoms with E-state index in [2.05, 4.69) is 41.5 Å². The topological polar surface area (TPSA) is 70.7 Å². The number of rotatable bonds is 5. The van der Waals surface area contributed by atoms with Crippen LogP contribution in [0.4, 0.5) is 0 Å². The molecule has 0 spiro atoms. The van der Waals surface area contributed by atoms with Crippen LogP contribution in [0.1, 0.15) is 54.6 Å². The SMILES string of the molecule is CC(C)CNC(=O)c1cccc2c1CN(Cc1ccccc1)CC(=O)NCCCCCO2. The first-order valence-electron chi connectivity index (χ1n) is 11.6. The second-order valence-corrected chi connectivity index (χ2v) is 8.78. The van der Waals surface area contributed by atoms with Crippen molar-refractivity contribution in [1.82, 2.24) is 15.5 Å². The molecule has 2 amide bonds. The fourth-order valence-electron chi connectivity index (χ4n) is 3.77. The number of nitrogens with zero attached hydrogens (tertiary/aromatic N) is 1. The van der Waals surface area contributed by atoms with Crippen molar-refractivity contribution in [2.75, 3.05) is 26.2 Å². The lowest BCUT2D eigenvalue weighted by Gasteiger charge is -2.25. The van der Waals surface area contributed by atoms with Gasteiger partial charge in [-0.3, -0.25) is 14.5 Å². The van der Waals surface area contributed by atoms with E-state index in [9.17, 15) is 9.59 Å². The summed E-state index contributed by atoms with van der Waals surface area (Å²) in [5.41, 5.74) is 2.56. The van der Waals surface area contributed by atoms with E-state index in [-0.39, 0.29) is 18.4 Å². The highest BCUT2D eigenvalue weighted by atomic mass is 16.5. The Hall–Kier alpha value is -2.86. The van der Waals surface area contributed by atoms with Gasteiger partial charge in [0.25, 0.3) is 5.91 Å². The number of ether oxygens (including phenoxy) is 1. The molecule has 0 fully saturated rings. The number of hydrogen-bond acceptors (Lipinski definition) is 4.